The van der Waals surface area contributed by atoms with Crippen LogP contribution in [0.15, 0.2) is 72.8 Å². The monoisotopic (exact) mass is 553 g/mol. The highest BCUT2D eigenvalue weighted by Crippen LogP contribution is 2.36. The highest BCUT2D eigenvalue weighted by molar-refractivity contribution is 5.90. The zero-order chi connectivity index (χ0) is 29.4. The predicted octanol–water partition coefficient (Wildman–Crippen LogP) is 6.48. The van der Waals surface area contributed by atoms with Crippen molar-refractivity contribution in [2.75, 3.05) is 17.7 Å². The number of anilines is 2. The molecule has 4 rings (SSSR count). The lowest BCUT2D eigenvalue weighted by Gasteiger charge is -2.19. The maximum Gasteiger partial charge on any atom is 0.338 e. The first-order valence-corrected chi connectivity index (χ1v) is 13.0. The molecule has 10 heteroatoms. The number of nitrogens with zero attached hydrogens (tertiary/aromatic N) is 3. The lowest BCUT2D eigenvalue weighted by atomic mass is 10.1. The molecule has 0 saturated heterocycles. The van der Waals surface area contributed by atoms with Crippen molar-refractivity contribution in [2.45, 2.75) is 39.8 Å². The van der Waals surface area contributed by atoms with E-state index in [0.717, 1.165) is 5.56 Å². The first-order chi connectivity index (χ1) is 19.6. The van der Waals surface area contributed by atoms with Crippen LogP contribution in [0.5, 0.6) is 29.1 Å². The summed E-state index contributed by atoms with van der Waals surface area (Å²) in [5.74, 6) is 0.752. The predicted molar refractivity (Wildman–Crippen MR) is 154 cm³/mol. The van der Waals surface area contributed by atoms with Crippen molar-refractivity contribution in [1.82, 2.24) is 9.97 Å². The number of nitrogens with two attached hydrogens (primary N) is 1. The molecule has 0 aliphatic rings. The number of carbonyl (C=O) groups is 1. The molecule has 0 aliphatic heterocycles. The highest BCUT2D eigenvalue weighted by Gasteiger charge is 2.20. The van der Waals surface area contributed by atoms with Crippen molar-refractivity contribution in [3.05, 3.63) is 89.5 Å². The van der Waals surface area contributed by atoms with Crippen LogP contribution in [0.1, 0.15) is 49.2 Å². The quantitative estimate of drug-likeness (QED) is 0.209. The van der Waals surface area contributed by atoms with Crippen molar-refractivity contribution >= 4 is 17.5 Å². The SMILES string of the molecule is CCOc1ccc(C#N)cc1Oc1nc(NCc2ccccc2)c(N)c(Oc2cccc(C(=O)OC(C)(C)C)c2)n1. The standard InChI is InChI=1S/C31H31N5O5/c1-5-38-24-15-14-21(18-32)16-25(24)40-30-35-27(34-19-20-10-7-6-8-11-20)26(33)28(36-30)39-23-13-9-12-22(17-23)29(37)41-31(2,3)4/h6-17H,5,19,33H2,1-4H3,(H,34,35,36). The Bertz CT molecular complexity index is 1560. The number of aromatic nitrogens is 2. The summed E-state index contributed by atoms with van der Waals surface area (Å²) in [5.41, 5.74) is 7.59. The molecule has 1 heterocycles. The Morgan fingerprint density at radius 2 is 1.76 bits per heavy atom. The molecule has 0 fully saturated rings. The number of hydrogen-bond donors (Lipinski definition) is 2. The number of nitriles is 1. The van der Waals surface area contributed by atoms with Gasteiger partial charge < -0.3 is 30.0 Å². The fourth-order valence-electron chi connectivity index (χ4n) is 3.63. The Morgan fingerprint density at radius 1 is 0.976 bits per heavy atom. The topological polar surface area (TPSA) is 142 Å². The lowest BCUT2D eigenvalue weighted by molar-refractivity contribution is 0.00691. The molecule has 0 aliphatic carbocycles. The van der Waals surface area contributed by atoms with Gasteiger partial charge in [-0.25, -0.2) is 4.79 Å². The number of hydrogen-bond acceptors (Lipinski definition) is 10. The summed E-state index contributed by atoms with van der Waals surface area (Å²) in [4.78, 5) is 21.5. The molecule has 3 N–H and O–H groups in total. The number of rotatable bonds is 10. The normalized spacial score (nSPS) is 10.8. The second-order valence-electron chi connectivity index (χ2n) is 9.85. The van der Waals surface area contributed by atoms with Crippen LogP contribution in [-0.2, 0) is 11.3 Å². The minimum Gasteiger partial charge on any atom is -0.490 e. The number of benzene rings is 3. The summed E-state index contributed by atoms with van der Waals surface area (Å²) in [6.45, 7) is 8.02. The Hall–Kier alpha value is -5.30. The molecule has 0 bridgehead atoms. The van der Waals surface area contributed by atoms with Crippen LogP contribution >= 0.6 is 0 Å². The van der Waals surface area contributed by atoms with Crippen LogP contribution in [0.25, 0.3) is 0 Å². The first-order valence-electron chi connectivity index (χ1n) is 13.0. The summed E-state index contributed by atoms with van der Waals surface area (Å²) in [5, 5.41) is 12.6. The van der Waals surface area contributed by atoms with E-state index in [1.807, 2.05) is 37.3 Å². The molecule has 0 amide bonds. The molecule has 0 saturated carbocycles. The first kappa shape index (κ1) is 28.7. The molecular formula is C31H31N5O5. The molecular weight excluding hydrogens is 522 g/mol. The molecule has 0 radical (unpaired) electrons. The third-order valence-corrected chi connectivity index (χ3v) is 5.45. The van der Waals surface area contributed by atoms with E-state index in [4.69, 9.17) is 24.7 Å². The van der Waals surface area contributed by atoms with E-state index in [0.29, 0.717) is 35.8 Å². The number of nitrogens with one attached hydrogen (secondary N) is 1. The van der Waals surface area contributed by atoms with E-state index in [9.17, 15) is 10.1 Å². The minimum atomic E-state index is -0.653. The third kappa shape index (κ3) is 7.86. The molecule has 41 heavy (non-hydrogen) atoms. The highest BCUT2D eigenvalue weighted by atomic mass is 16.6. The molecule has 210 valence electrons. The van der Waals surface area contributed by atoms with Gasteiger partial charge in [0.1, 0.15) is 17.0 Å². The van der Waals surface area contributed by atoms with Crippen molar-refractivity contribution < 1.29 is 23.7 Å². The van der Waals surface area contributed by atoms with Crippen LogP contribution in [0, 0.1) is 11.3 Å². The Balaban J connectivity index is 1.70. The van der Waals surface area contributed by atoms with Gasteiger partial charge in [0.2, 0.25) is 0 Å². The molecule has 4 aromatic rings. The fraction of sp³-hybridized carbons (Fsp3) is 0.226. The number of ether oxygens (including phenoxy) is 4. The van der Waals surface area contributed by atoms with E-state index >= 15 is 0 Å². The van der Waals surface area contributed by atoms with Gasteiger partial charge in [-0.3, -0.25) is 0 Å². The number of nitrogen functional groups attached to an aromatic ring is 1. The van der Waals surface area contributed by atoms with Crippen molar-refractivity contribution in [3.63, 3.8) is 0 Å². The van der Waals surface area contributed by atoms with Crippen molar-refractivity contribution in [1.29, 1.82) is 5.26 Å². The molecule has 0 unspecified atom stereocenters. The van der Waals surface area contributed by atoms with Gasteiger partial charge in [0.25, 0.3) is 5.88 Å². The fourth-order valence-corrected chi connectivity index (χ4v) is 3.63. The minimum absolute atomic E-state index is 0.00120. The van der Waals surface area contributed by atoms with Gasteiger partial charge in [-0.05, 0) is 63.6 Å². The molecule has 1 aromatic heterocycles. The second kappa shape index (κ2) is 12.7. The van der Waals surface area contributed by atoms with Gasteiger partial charge in [0.15, 0.2) is 17.3 Å². The average Bonchev–Trinajstić information content (AvgIpc) is 2.94. The van der Waals surface area contributed by atoms with E-state index in [-0.39, 0.29) is 29.1 Å². The summed E-state index contributed by atoms with van der Waals surface area (Å²) >= 11 is 0. The van der Waals surface area contributed by atoms with E-state index in [1.54, 1.807) is 51.1 Å². The smallest absolute Gasteiger partial charge is 0.338 e. The van der Waals surface area contributed by atoms with Gasteiger partial charge in [-0.15, -0.1) is 0 Å². The lowest BCUT2D eigenvalue weighted by Crippen LogP contribution is -2.23. The van der Waals surface area contributed by atoms with Crippen LogP contribution in [0.3, 0.4) is 0 Å². The molecule has 0 atom stereocenters. The van der Waals surface area contributed by atoms with Gasteiger partial charge >= 0.3 is 12.0 Å². The van der Waals surface area contributed by atoms with Crippen LogP contribution in [0.4, 0.5) is 11.5 Å². The van der Waals surface area contributed by atoms with Gasteiger partial charge in [-0.2, -0.15) is 15.2 Å². The maximum atomic E-state index is 12.6. The molecule has 0 spiro atoms. The number of esters is 1. The molecule has 10 nitrogen and oxygen atoms in total. The van der Waals surface area contributed by atoms with E-state index in [1.165, 1.54) is 12.1 Å². The summed E-state index contributed by atoms with van der Waals surface area (Å²) in [6, 6.07) is 23.0. The largest absolute Gasteiger partial charge is 0.490 e. The van der Waals surface area contributed by atoms with Crippen molar-refractivity contribution in [3.8, 4) is 35.2 Å². The maximum absolute atomic E-state index is 12.6. The Morgan fingerprint density at radius 3 is 2.46 bits per heavy atom. The summed E-state index contributed by atoms with van der Waals surface area (Å²) in [7, 11) is 0. The van der Waals surface area contributed by atoms with E-state index in [2.05, 4.69) is 21.4 Å². The third-order valence-electron chi connectivity index (χ3n) is 5.45. The van der Waals surface area contributed by atoms with Crippen LogP contribution in [-0.4, -0.2) is 28.1 Å². The van der Waals surface area contributed by atoms with Crippen molar-refractivity contribution in [2.24, 2.45) is 0 Å². The Kier molecular flexibility index (Phi) is 8.89. The second-order valence-corrected chi connectivity index (χ2v) is 9.85. The van der Waals surface area contributed by atoms with E-state index < -0.39 is 11.6 Å². The number of carbonyl (C=O) groups excluding carboxylic acids is 1. The summed E-state index contributed by atoms with van der Waals surface area (Å²) in [6.07, 6.45) is 0. The van der Waals surface area contributed by atoms with Crippen LogP contribution in [0.2, 0.25) is 0 Å². The zero-order valence-corrected chi connectivity index (χ0v) is 23.3. The van der Waals surface area contributed by atoms with Gasteiger partial charge in [-0.1, -0.05) is 36.4 Å². The zero-order valence-electron chi connectivity index (χ0n) is 23.3. The van der Waals surface area contributed by atoms with Gasteiger partial charge in [0.05, 0.1) is 23.8 Å². The van der Waals surface area contributed by atoms with Gasteiger partial charge in [0, 0.05) is 12.6 Å². The average molecular weight is 554 g/mol. The molecule has 3 aromatic carbocycles. The Labute approximate surface area is 238 Å². The summed E-state index contributed by atoms with van der Waals surface area (Å²) < 4.78 is 23.2. The van der Waals surface area contributed by atoms with Crippen LogP contribution < -0.4 is 25.3 Å².